The topological polar surface area (TPSA) is 280 Å². The van der Waals surface area contributed by atoms with Gasteiger partial charge in [0, 0.05) is 161 Å². The number of phenols is 2. The van der Waals surface area contributed by atoms with Crippen LogP contribution in [-0.2, 0) is 35.3 Å². The number of hydrogen-bond acceptors (Lipinski definition) is 20. The van der Waals surface area contributed by atoms with Crippen LogP contribution in [0.4, 0.5) is 22.7 Å². The molecule has 1 aliphatic carbocycles. The fourth-order valence-electron chi connectivity index (χ4n) is 21.4. The van der Waals surface area contributed by atoms with Crippen molar-refractivity contribution in [1.29, 1.82) is 0 Å². The van der Waals surface area contributed by atoms with Crippen molar-refractivity contribution < 1.29 is 86.1 Å². The summed E-state index contributed by atoms with van der Waals surface area (Å²) in [6.07, 6.45) is 40.8. The average Bonchev–Trinajstić information content (AvgIpc) is 0.717. The Morgan fingerprint density at radius 1 is 0.297 bits per heavy atom. The van der Waals surface area contributed by atoms with Crippen LogP contribution in [-0.4, -0.2) is 88.8 Å². The van der Waals surface area contributed by atoms with Gasteiger partial charge in [0.15, 0.2) is 59.2 Å². The monoisotopic (exact) mass is 1890 g/mol. The van der Waals surface area contributed by atoms with Gasteiger partial charge in [-0.1, -0.05) is 180 Å². The minimum absolute atomic E-state index is 0.155. The second-order valence-corrected chi connectivity index (χ2v) is 38.4. The SMILES string of the molecule is C=CCCCCCCCCC1c2cc3c4c(O)c2OCOc2c1cc1c(c2O)OCOc2c(cc5c6c2OCC(=O)Nc2cc7c(OCCC)c(c2)Cc2cc(cc(c2OCCC)Cc2cc(N)cc(c2OCCC)Cc2cc(N)cc(c2OCCC)C7)NC(=O)COc2c(c(cc(c2OCO6)C5CCCCCCCCC=C)C3CCCCCCCCC=C)OCO4)C1CCCCCCCCC=C. The molecule has 22 nitrogen and oxygen atoms in total. The first-order valence-electron chi connectivity index (χ1n) is 51.8. The van der Waals surface area contributed by atoms with E-state index in [1.165, 1.54) is 0 Å². The molecule has 0 saturated heterocycles. The number of nitrogens with two attached hydrogens (primary N) is 2. The highest BCUT2D eigenvalue weighted by molar-refractivity contribution is 5.94. The molecule has 8 N–H and O–H groups in total. The Labute approximate surface area is 817 Å². The van der Waals surface area contributed by atoms with Crippen molar-refractivity contribution in [2.75, 3.05) is 88.9 Å². The number of carbonyl (C=O) groups excluding carboxylic acids is 2. The van der Waals surface area contributed by atoms with Crippen molar-refractivity contribution in [2.45, 2.75) is 308 Å². The summed E-state index contributed by atoms with van der Waals surface area (Å²) in [6.45, 7) is 23.1. The first kappa shape index (κ1) is 101. The quantitative estimate of drug-likeness (QED) is 0.0117. The number of fused-ring (bicyclic) bond motifs is 20. The molecule has 15 rings (SSSR count). The first-order chi connectivity index (χ1) is 67.6. The molecule has 0 saturated carbocycles. The average molecular weight is 1890 g/mol. The molecule has 138 heavy (non-hydrogen) atoms. The molecule has 0 radical (unpaired) electrons. The molecule has 2 amide bonds. The van der Waals surface area contributed by atoms with E-state index in [-0.39, 0.29) is 65.3 Å². The number of nitrogen functional groups attached to an aromatic ring is 2. The zero-order valence-corrected chi connectivity index (χ0v) is 82.3. The lowest BCUT2D eigenvalue weighted by Crippen LogP contribution is -2.26. The normalized spacial score (nSPS) is 16.3. The zero-order chi connectivity index (χ0) is 96.2. The van der Waals surface area contributed by atoms with Crippen molar-refractivity contribution in [1.82, 2.24) is 0 Å². The highest BCUT2D eigenvalue weighted by Gasteiger charge is 2.44. The van der Waals surface area contributed by atoms with Gasteiger partial charge in [0.1, 0.15) is 23.0 Å². The van der Waals surface area contributed by atoms with Gasteiger partial charge in [-0.05, 0) is 176 Å². The number of hydrogen-bond donors (Lipinski definition) is 6. The molecule has 8 aromatic rings. The van der Waals surface area contributed by atoms with Gasteiger partial charge in [-0.25, -0.2) is 0 Å². The predicted molar refractivity (Wildman–Crippen MR) is 547 cm³/mol. The Hall–Kier alpha value is -11.9. The molecule has 8 aromatic carbocycles. The van der Waals surface area contributed by atoms with Gasteiger partial charge in [-0.3, -0.25) is 9.59 Å². The number of rotatable bonds is 48. The van der Waals surface area contributed by atoms with Crippen LogP contribution in [0.3, 0.4) is 0 Å². The van der Waals surface area contributed by atoms with Crippen LogP contribution in [0.2, 0.25) is 0 Å². The Kier molecular flexibility index (Phi) is 36.5. The number of amides is 2. The third-order valence-electron chi connectivity index (χ3n) is 27.9. The number of aromatic hydroxyl groups is 2. The van der Waals surface area contributed by atoms with E-state index < -0.39 is 75.9 Å². The molecule has 2 atom stereocenters. The molecule has 0 spiro atoms. The third-order valence-corrected chi connectivity index (χ3v) is 27.9. The fraction of sp³-hybridized carbons (Fsp3) is 0.500. The van der Waals surface area contributed by atoms with Crippen LogP contribution in [0, 0.1) is 0 Å². The lowest BCUT2D eigenvalue weighted by atomic mass is 9.75. The van der Waals surface area contributed by atoms with E-state index in [9.17, 15) is 10.2 Å². The highest BCUT2D eigenvalue weighted by atomic mass is 16.7. The maximum Gasteiger partial charge on any atom is 0.262 e. The summed E-state index contributed by atoms with van der Waals surface area (Å²) in [5, 5.41) is 34.0. The summed E-state index contributed by atoms with van der Waals surface area (Å²) in [5.41, 5.74) is 28.0. The second-order valence-electron chi connectivity index (χ2n) is 38.4. The van der Waals surface area contributed by atoms with Crippen molar-refractivity contribution in [2.24, 2.45) is 0 Å². The summed E-state index contributed by atoms with van der Waals surface area (Å²) in [7, 11) is 0. The molecule has 7 aliphatic rings. The molecule has 0 fully saturated rings. The molecule has 6 heterocycles. The number of benzene rings is 8. The number of nitrogens with one attached hydrogen (secondary N) is 2. The van der Waals surface area contributed by atoms with Crippen molar-refractivity contribution in [3.63, 3.8) is 0 Å². The van der Waals surface area contributed by atoms with Crippen LogP contribution in [0.25, 0.3) is 0 Å². The van der Waals surface area contributed by atoms with E-state index in [4.69, 9.17) is 77.8 Å². The number of phenolic OH excluding ortho intramolecular Hbond substituents is 2. The summed E-state index contributed by atoms with van der Waals surface area (Å²) < 4.78 is 99.8. The Balaban J connectivity index is 1.01. The van der Waals surface area contributed by atoms with Crippen molar-refractivity contribution >= 4 is 34.6 Å². The molecular formula is C116H148N4O18. The van der Waals surface area contributed by atoms with Gasteiger partial charge in [0.2, 0.25) is 50.2 Å². The number of unbranched alkanes of at least 4 members (excludes halogenated alkanes) is 24. The summed E-state index contributed by atoms with van der Waals surface area (Å²) in [6, 6.07) is 24.6. The smallest absolute Gasteiger partial charge is 0.262 e. The number of carbonyl (C=O) groups is 2. The fourth-order valence-corrected chi connectivity index (χ4v) is 21.4. The van der Waals surface area contributed by atoms with Crippen LogP contribution in [0.5, 0.6) is 92.0 Å². The standard InChI is InChI=1S/C116H148N4O18/c1-9-17-21-25-29-33-37-41-45-87-91-65-93-88(46-42-38-34-30-26-22-18-10-2)95-67-97-90(48-44-40-36-32-28-24-20-12-4)98-68-96-89(47-43-39-35-31-27-23-19-11-3)94-66-92(87)108-102(124)110(94)134-73-136-112(96)116-114(98)138-74-137-113(97)115(111(95)135-72-133-109(93)101(123)107(91)131-71-132-108)129-69-99(121)119-85-61-79-54-77-59-83(117)57-75(103(77)125-49-13-5)53-76-58-84(118)60-78(104(76)126-50-14-6)55-80-62-86(120-100(122)70-130-116)64-82(106(80)128-52-16-8)56-81(63-85)105(79)127-51-15-7/h9-12,57-68,87-90,123-124H,1-4,13-56,69-74,117-118H2,5-8H3,(H,119,121)(H,120,122). The lowest BCUT2D eigenvalue weighted by Gasteiger charge is -2.36. The van der Waals surface area contributed by atoms with Gasteiger partial charge in [-0.2, -0.15) is 0 Å². The van der Waals surface area contributed by atoms with E-state index in [0.717, 1.165) is 248 Å². The maximum absolute atomic E-state index is 16.2. The minimum atomic E-state index is -0.639. The molecular weight excluding hydrogens is 1740 g/mol. The minimum Gasteiger partial charge on any atom is -0.502 e. The zero-order valence-electron chi connectivity index (χ0n) is 82.3. The molecule has 6 aliphatic heterocycles. The highest BCUT2D eigenvalue weighted by Crippen LogP contribution is 2.63. The molecule has 2 unspecified atom stereocenters. The lowest BCUT2D eigenvalue weighted by molar-refractivity contribution is -0.118. The molecule has 740 valence electrons. The van der Waals surface area contributed by atoms with Gasteiger partial charge >= 0.3 is 0 Å². The predicted octanol–water partition coefficient (Wildman–Crippen LogP) is 27.4. The van der Waals surface area contributed by atoms with Crippen molar-refractivity contribution in [3.8, 4) is 92.0 Å². The molecule has 22 heteroatoms. The number of allylic oxidation sites excluding steroid dienone is 4. The van der Waals surface area contributed by atoms with Gasteiger partial charge in [0.05, 0.1) is 26.4 Å². The van der Waals surface area contributed by atoms with E-state index in [2.05, 4.69) is 88.9 Å². The molecule has 16 bridgehead atoms. The van der Waals surface area contributed by atoms with Gasteiger partial charge < -0.3 is 98.6 Å². The molecule has 0 aromatic heterocycles. The van der Waals surface area contributed by atoms with E-state index in [1.807, 2.05) is 72.8 Å². The first-order valence-corrected chi connectivity index (χ1v) is 51.8. The summed E-state index contributed by atoms with van der Waals surface area (Å²) in [5.74, 6) is 0.950. The van der Waals surface area contributed by atoms with Crippen LogP contribution < -0.4 is 88.4 Å². The number of ether oxygens (including phenoxy) is 14. The third kappa shape index (κ3) is 24.3. The largest absolute Gasteiger partial charge is 0.502 e. The van der Waals surface area contributed by atoms with E-state index >= 15 is 9.59 Å². The van der Waals surface area contributed by atoms with Crippen LogP contribution in [0.15, 0.2) is 123 Å². The Bertz CT molecular complexity index is 5250. The van der Waals surface area contributed by atoms with Crippen LogP contribution >= 0.6 is 0 Å². The van der Waals surface area contributed by atoms with E-state index in [0.29, 0.717) is 173 Å². The Morgan fingerprint density at radius 3 is 0.739 bits per heavy atom. The van der Waals surface area contributed by atoms with Gasteiger partial charge in [-0.15, -0.1) is 26.3 Å². The van der Waals surface area contributed by atoms with Gasteiger partial charge in [0.25, 0.3) is 11.8 Å². The van der Waals surface area contributed by atoms with E-state index in [1.54, 1.807) is 0 Å². The van der Waals surface area contributed by atoms with Crippen LogP contribution in [0.1, 0.15) is 372 Å². The second kappa shape index (κ2) is 50.1. The number of anilines is 4. The Morgan fingerprint density at radius 2 is 0.507 bits per heavy atom. The maximum atomic E-state index is 16.2. The van der Waals surface area contributed by atoms with Crippen molar-refractivity contribution in [3.05, 3.63) is 212 Å². The summed E-state index contributed by atoms with van der Waals surface area (Å²) in [4.78, 5) is 32.4. The summed E-state index contributed by atoms with van der Waals surface area (Å²) >= 11 is 0.